The molecular formula is C23H23N5O3. The summed E-state index contributed by atoms with van der Waals surface area (Å²) in [5.74, 6) is 0. The van der Waals surface area contributed by atoms with Crippen LogP contribution in [0.25, 0.3) is 11.3 Å². The number of hydrogen-bond donors (Lipinski definition) is 2. The number of benzene rings is 2. The number of rotatable bonds is 8. The largest absolute Gasteiger partial charge is 0.449 e. The Morgan fingerprint density at radius 2 is 1.97 bits per heavy atom. The molecule has 0 fully saturated rings. The average Bonchev–Trinajstić information content (AvgIpc) is 2.78. The van der Waals surface area contributed by atoms with Crippen LogP contribution in [0.4, 0.5) is 10.5 Å². The van der Waals surface area contributed by atoms with Crippen LogP contribution in [0.2, 0.25) is 0 Å². The molecule has 1 aromatic heterocycles. The van der Waals surface area contributed by atoms with Crippen molar-refractivity contribution in [2.24, 2.45) is 0 Å². The van der Waals surface area contributed by atoms with Crippen LogP contribution in [-0.4, -0.2) is 36.1 Å². The van der Waals surface area contributed by atoms with Gasteiger partial charge in [-0.3, -0.25) is 10.1 Å². The van der Waals surface area contributed by atoms with Crippen LogP contribution in [0, 0.1) is 11.3 Å². The molecule has 8 nitrogen and oxygen atoms in total. The molecule has 0 aliphatic heterocycles. The molecule has 0 saturated heterocycles. The van der Waals surface area contributed by atoms with Gasteiger partial charge in [-0.15, -0.1) is 0 Å². The zero-order chi connectivity index (χ0) is 22.1. The number of anilines is 1. The summed E-state index contributed by atoms with van der Waals surface area (Å²) >= 11 is 0. The molecule has 31 heavy (non-hydrogen) atoms. The van der Waals surface area contributed by atoms with Gasteiger partial charge in [-0.1, -0.05) is 24.3 Å². The maximum absolute atomic E-state index is 12.3. The Hall–Kier alpha value is -3.96. The predicted molar refractivity (Wildman–Crippen MR) is 118 cm³/mol. The Labute approximate surface area is 180 Å². The molecule has 0 bridgehead atoms. The van der Waals surface area contributed by atoms with Crippen molar-refractivity contribution in [3.05, 3.63) is 82.1 Å². The van der Waals surface area contributed by atoms with Crippen LogP contribution in [0.1, 0.15) is 17.5 Å². The topological polar surface area (TPSA) is 109 Å². The summed E-state index contributed by atoms with van der Waals surface area (Å²) in [7, 11) is 1.84. The highest BCUT2D eigenvalue weighted by atomic mass is 16.5. The minimum Gasteiger partial charge on any atom is -0.449 e. The third-order valence-corrected chi connectivity index (χ3v) is 4.49. The number of nitrogens with zero attached hydrogens (tertiary/aromatic N) is 3. The molecule has 0 unspecified atom stereocenters. The van der Waals surface area contributed by atoms with Crippen LogP contribution in [0.3, 0.4) is 0 Å². The van der Waals surface area contributed by atoms with E-state index >= 15 is 0 Å². The molecule has 158 valence electrons. The van der Waals surface area contributed by atoms with Gasteiger partial charge in [0.2, 0.25) is 0 Å². The van der Waals surface area contributed by atoms with E-state index in [0.717, 1.165) is 24.1 Å². The minimum absolute atomic E-state index is 0.236. The molecule has 8 heteroatoms. The Kier molecular flexibility index (Phi) is 7.51. The second-order valence-electron chi connectivity index (χ2n) is 6.82. The van der Waals surface area contributed by atoms with Gasteiger partial charge in [0.1, 0.15) is 0 Å². The number of hydrogen-bond acceptors (Lipinski definition) is 6. The molecule has 1 amide bonds. The first kappa shape index (κ1) is 21.7. The van der Waals surface area contributed by atoms with Crippen LogP contribution in [0.5, 0.6) is 0 Å². The monoisotopic (exact) mass is 417 g/mol. The van der Waals surface area contributed by atoms with E-state index in [9.17, 15) is 9.59 Å². The second kappa shape index (κ2) is 10.7. The fourth-order valence-electron chi connectivity index (χ4n) is 2.92. The third kappa shape index (κ3) is 6.26. The lowest BCUT2D eigenvalue weighted by atomic mass is 10.1. The molecule has 0 radical (unpaired) electrons. The molecule has 3 aromatic rings. The molecular weight excluding hydrogens is 394 g/mol. The number of nitrogens with one attached hydrogen (secondary N) is 2. The van der Waals surface area contributed by atoms with Crippen molar-refractivity contribution in [1.82, 2.24) is 15.1 Å². The lowest BCUT2D eigenvalue weighted by Gasteiger charge is -2.10. The zero-order valence-corrected chi connectivity index (χ0v) is 17.2. The first-order chi connectivity index (χ1) is 15.1. The summed E-state index contributed by atoms with van der Waals surface area (Å²) in [6.07, 6.45) is 0.208. The molecule has 3 rings (SSSR count). The zero-order valence-electron chi connectivity index (χ0n) is 17.2. The maximum Gasteiger partial charge on any atom is 0.411 e. The molecule has 0 aliphatic rings. The number of carbonyl (C=O) groups excluding carboxylic acids is 1. The molecule has 1 heterocycles. The van der Waals surface area contributed by atoms with Gasteiger partial charge in [0.15, 0.2) is 0 Å². The molecule has 0 atom stereocenters. The van der Waals surface area contributed by atoms with Crippen LogP contribution in [-0.2, 0) is 11.3 Å². The van der Waals surface area contributed by atoms with Crippen molar-refractivity contribution in [3.8, 4) is 17.3 Å². The average molecular weight is 417 g/mol. The van der Waals surface area contributed by atoms with Gasteiger partial charge in [0.05, 0.1) is 30.5 Å². The van der Waals surface area contributed by atoms with Gasteiger partial charge in [-0.25, -0.2) is 9.48 Å². The van der Waals surface area contributed by atoms with Crippen molar-refractivity contribution in [2.45, 2.75) is 13.0 Å². The first-order valence-electron chi connectivity index (χ1n) is 9.85. The molecule has 0 saturated carbocycles. The Balaban J connectivity index is 1.71. The van der Waals surface area contributed by atoms with Gasteiger partial charge in [0, 0.05) is 17.3 Å². The van der Waals surface area contributed by atoms with E-state index in [-0.39, 0.29) is 12.1 Å². The minimum atomic E-state index is -0.522. The van der Waals surface area contributed by atoms with Crippen LogP contribution >= 0.6 is 0 Å². The van der Waals surface area contributed by atoms with E-state index in [1.54, 1.807) is 48.5 Å². The second-order valence-corrected chi connectivity index (χ2v) is 6.82. The smallest absolute Gasteiger partial charge is 0.411 e. The number of ether oxygens (including phenoxy) is 1. The summed E-state index contributed by atoms with van der Waals surface area (Å²) in [4.78, 5) is 24.2. The van der Waals surface area contributed by atoms with Crippen molar-refractivity contribution in [1.29, 1.82) is 5.26 Å². The van der Waals surface area contributed by atoms with E-state index in [1.165, 1.54) is 10.7 Å². The van der Waals surface area contributed by atoms with Gasteiger partial charge in [-0.05, 0) is 55.9 Å². The Bertz CT molecular complexity index is 1130. The maximum atomic E-state index is 12.3. The fraction of sp³-hybridized carbons (Fsp3) is 0.217. The number of aromatic nitrogens is 2. The predicted octanol–water partition coefficient (Wildman–Crippen LogP) is 2.99. The Morgan fingerprint density at radius 3 is 2.71 bits per heavy atom. The first-order valence-corrected chi connectivity index (χ1v) is 9.85. The number of nitriles is 1. The van der Waals surface area contributed by atoms with Crippen molar-refractivity contribution in [3.63, 3.8) is 0 Å². The standard InChI is InChI=1S/C23H23N5O3/c1-25-12-3-13-31-23(30)26-20-5-2-4-18(14-20)16-28-22(29)11-10-21(27-28)19-8-6-17(15-24)7-9-19/h2,4-11,14,25H,3,12-13,16H2,1H3,(H,26,30). The highest BCUT2D eigenvalue weighted by Gasteiger charge is 2.07. The normalized spacial score (nSPS) is 10.3. The number of amides is 1. The van der Waals surface area contributed by atoms with Gasteiger partial charge in [-0.2, -0.15) is 10.4 Å². The molecule has 0 aliphatic carbocycles. The highest BCUT2D eigenvalue weighted by molar-refractivity contribution is 5.84. The van der Waals surface area contributed by atoms with E-state index in [4.69, 9.17) is 10.00 Å². The van der Waals surface area contributed by atoms with Crippen LogP contribution < -0.4 is 16.2 Å². The van der Waals surface area contributed by atoms with E-state index in [0.29, 0.717) is 23.6 Å². The summed E-state index contributed by atoms with van der Waals surface area (Å²) in [5.41, 5.74) is 3.14. The highest BCUT2D eigenvalue weighted by Crippen LogP contribution is 2.17. The quantitative estimate of drug-likeness (QED) is 0.546. The van der Waals surface area contributed by atoms with Crippen molar-refractivity contribution in [2.75, 3.05) is 25.5 Å². The Morgan fingerprint density at radius 1 is 1.16 bits per heavy atom. The lowest BCUT2D eigenvalue weighted by molar-refractivity contribution is 0.160. The molecule has 2 N–H and O–H groups in total. The van der Waals surface area contributed by atoms with Crippen molar-refractivity contribution >= 4 is 11.8 Å². The summed E-state index contributed by atoms with van der Waals surface area (Å²) in [6, 6.07) is 19.4. The summed E-state index contributed by atoms with van der Waals surface area (Å²) in [6.45, 7) is 1.34. The van der Waals surface area contributed by atoms with Crippen molar-refractivity contribution < 1.29 is 9.53 Å². The number of carbonyl (C=O) groups is 1. The fourth-order valence-corrected chi connectivity index (χ4v) is 2.92. The van der Waals surface area contributed by atoms with E-state index in [1.807, 2.05) is 13.1 Å². The van der Waals surface area contributed by atoms with E-state index < -0.39 is 6.09 Å². The van der Waals surface area contributed by atoms with Gasteiger partial charge in [0.25, 0.3) is 5.56 Å². The molecule has 2 aromatic carbocycles. The summed E-state index contributed by atoms with van der Waals surface area (Å²) < 4.78 is 6.49. The van der Waals surface area contributed by atoms with E-state index in [2.05, 4.69) is 21.8 Å². The molecule has 0 spiro atoms. The van der Waals surface area contributed by atoms with Gasteiger partial charge < -0.3 is 10.1 Å². The summed E-state index contributed by atoms with van der Waals surface area (Å²) in [5, 5.41) is 19.1. The SMILES string of the molecule is CNCCCOC(=O)Nc1cccc(Cn2nc(-c3ccc(C#N)cc3)ccc2=O)c1. The third-order valence-electron chi connectivity index (χ3n) is 4.49. The van der Waals surface area contributed by atoms with Gasteiger partial charge >= 0.3 is 6.09 Å². The lowest BCUT2D eigenvalue weighted by Crippen LogP contribution is -2.23. The van der Waals surface area contributed by atoms with Crippen LogP contribution in [0.15, 0.2) is 65.5 Å².